The Morgan fingerprint density at radius 1 is 1.17 bits per heavy atom. The molecule has 1 aromatic heterocycles. The summed E-state index contributed by atoms with van der Waals surface area (Å²) in [5.74, 6) is 1.13. The standard InChI is InChI=1S/C18H21N3O2S/c22-24(23)9-1-2-17(24)13-3-5-16(6-4-13)21-18-10-15-11-19-8-7-14(15)12-20-18/h3-6,10,12,17,19H,1-2,7-9,11H2,(H,20,21). The van der Waals surface area contributed by atoms with Gasteiger partial charge in [0.1, 0.15) is 5.82 Å². The number of aromatic nitrogens is 1. The van der Waals surface area contributed by atoms with Crippen molar-refractivity contribution in [2.24, 2.45) is 0 Å². The normalized spacial score (nSPS) is 22.1. The van der Waals surface area contributed by atoms with Crippen LogP contribution in [-0.2, 0) is 22.8 Å². The lowest BCUT2D eigenvalue weighted by molar-refractivity contribution is 0.592. The molecular weight excluding hydrogens is 322 g/mol. The molecular formula is C18H21N3O2S. The average Bonchev–Trinajstić information content (AvgIpc) is 2.95. The Bertz CT molecular complexity index is 847. The zero-order valence-corrected chi connectivity index (χ0v) is 14.3. The monoisotopic (exact) mass is 343 g/mol. The molecule has 24 heavy (non-hydrogen) atoms. The highest BCUT2D eigenvalue weighted by Gasteiger charge is 2.32. The summed E-state index contributed by atoms with van der Waals surface area (Å²) in [4.78, 5) is 4.48. The van der Waals surface area contributed by atoms with E-state index in [0.717, 1.165) is 49.4 Å². The summed E-state index contributed by atoms with van der Waals surface area (Å²) >= 11 is 0. The molecule has 6 heteroatoms. The molecule has 126 valence electrons. The van der Waals surface area contributed by atoms with E-state index in [1.165, 1.54) is 11.1 Å². The first-order valence-corrected chi connectivity index (χ1v) is 10.1. The summed E-state index contributed by atoms with van der Waals surface area (Å²) < 4.78 is 24.1. The Morgan fingerprint density at radius 3 is 2.75 bits per heavy atom. The van der Waals surface area contributed by atoms with Gasteiger partial charge < -0.3 is 10.6 Å². The van der Waals surface area contributed by atoms with E-state index >= 15 is 0 Å². The molecule has 0 radical (unpaired) electrons. The van der Waals surface area contributed by atoms with E-state index in [-0.39, 0.29) is 5.25 Å². The summed E-state index contributed by atoms with van der Waals surface area (Å²) in [6, 6.07) is 9.77. The van der Waals surface area contributed by atoms with Crippen LogP contribution < -0.4 is 10.6 Å². The molecule has 5 nitrogen and oxygen atoms in total. The molecule has 1 unspecified atom stereocenters. The minimum Gasteiger partial charge on any atom is -0.340 e. The van der Waals surface area contributed by atoms with Crippen LogP contribution >= 0.6 is 0 Å². The van der Waals surface area contributed by atoms with Gasteiger partial charge in [-0.1, -0.05) is 12.1 Å². The molecule has 0 aliphatic carbocycles. The molecule has 2 aliphatic heterocycles. The minimum atomic E-state index is -2.96. The van der Waals surface area contributed by atoms with E-state index < -0.39 is 9.84 Å². The smallest absolute Gasteiger partial charge is 0.157 e. The fourth-order valence-electron chi connectivity index (χ4n) is 3.52. The minimum absolute atomic E-state index is 0.310. The molecule has 2 aliphatic rings. The van der Waals surface area contributed by atoms with Crippen molar-refractivity contribution in [3.8, 4) is 0 Å². The van der Waals surface area contributed by atoms with E-state index in [4.69, 9.17) is 0 Å². The first kappa shape index (κ1) is 15.6. The number of rotatable bonds is 3. The molecule has 0 saturated carbocycles. The molecule has 4 rings (SSSR count). The highest BCUT2D eigenvalue weighted by Crippen LogP contribution is 2.35. The van der Waals surface area contributed by atoms with Crippen molar-refractivity contribution in [2.45, 2.75) is 31.1 Å². The molecule has 2 N–H and O–H groups in total. The maximum Gasteiger partial charge on any atom is 0.157 e. The lowest BCUT2D eigenvalue weighted by Crippen LogP contribution is -2.23. The van der Waals surface area contributed by atoms with Gasteiger partial charge in [0.15, 0.2) is 9.84 Å². The van der Waals surface area contributed by atoms with Crippen molar-refractivity contribution >= 4 is 21.3 Å². The number of sulfone groups is 1. The first-order valence-electron chi connectivity index (χ1n) is 8.39. The van der Waals surface area contributed by atoms with Gasteiger partial charge in [-0.15, -0.1) is 0 Å². The largest absolute Gasteiger partial charge is 0.340 e. The second-order valence-electron chi connectivity index (χ2n) is 6.51. The predicted molar refractivity (Wildman–Crippen MR) is 95.1 cm³/mol. The third-order valence-electron chi connectivity index (χ3n) is 4.85. The van der Waals surface area contributed by atoms with Crippen LogP contribution in [0.3, 0.4) is 0 Å². The summed E-state index contributed by atoms with van der Waals surface area (Å²) in [6.07, 6.45) is 4.46. The molecule has 0 bridgehead atoms. The van der Waals surface area contributed by atoms with Crippen LogP contribution in [0, 0.1) is 0 Å². The van der Waals surface area contributed by atoms with Crippen molar-refractivity contribution in [3.63, 3.8) is 0 Å². The maximum absolute atomic E-state index is 12.0. The van der Waals surface area contributed by atoms with Crippen molar-refractivity contribution in [3.05, 3.63) is 53.2 Å². The number of hydrogen-bond acceptors (Lipinski definition) is 5. The number of pyridine rings is 1. The maximum atomic E-state index is 12.0. The highest BCUT2D eigenvalue weighted by molar-refractivity contribution is 7.91. The third-order valence-corrected chi connectivity index (χ3v) is 7.09. The number of fused-ring (bicyclic) bond motifs is 1. The van der Waals surface area contributed by atoms with Crippen LogP contribution in [-0.4, -0.2) is 25.7 Å². The molecule has 1 fully saturated rings. The third kappa shape index (κ3) is 3.03. The Kier molecular flexibility index (Phi) is 4.02. The van der Waals surface area contributed by atoms with Crippen molar-refractivity contribution in [1.82, 2.24) is 10.3 Å². The van der Waals surface area contributed by atoms with E-state index in [9.17, 15) is 8.42 Å². The van der Waals surface area contributed by atoms with Gasteiger partial charge in [0.05, 0.1) is 11.0 Å². The second-order valence-corrected chi connectivity index (χ2v) is 8.81. The first-order chi connectivity index (χ1) is 11.6. The summed E-state index contributed by atoms with van der Waals surface area (Å²) in [7, 11) is -2.96. The fraction of sp³-hybridized carbons (Fsp3) is 0.389. The summed E-state index contributed by atoms with van der Waals surface area (Å²) in [5.41, 5.74) is 4.40. The zero-order valence-electron chi connectivity index (χ0n) is 13.5. The van der Waals surface area contributed by atoms with Gasteiger partial charge in [0, 0.05) is 18.4 Å². The van der Waals surface area contributed by atoms with Gasteiger partial charge in [0.25, 0.3) is 0 Å². The van der Waals surface area contributed by atoms with Crippen LogP contribution in [0.25, 0.3) is 0 Å². The van der Waals surface area contributed by atoms with Crippen molar-refractivity contribution < 1.29 is 8.42 Å². The quantitative estimate of drug-likeness (QED) is 0.897. The van der Waals surface area contributed by atoms with Gasteiger partial charge in [-0.25, -0.2) is 13.4 Å². The number of hydrogen-bond donors (Lipinski definition) is 2. The molecule has 3 heterocycles. The molecule has 0 amide bonds. The summed E-state index contributed by atoms with van der Waals surface area (Å²) in [5, 5.41) is 6.34. The molecule has 2 aromatic rings. The Labute approximate surface area is 142 Å². The lowest BCUT2D eigenvalue weighted by atomic mass is 10.0. The second kappa shape index (κ2) is 6.18. The van der Waals surface area contributed by atoms with E-state index in [1.807, 2.05) is 30.5 Å². The van der Waals surface area contributed by atoms with E-state index in [2.05, 4.69) is 21.7 Å². The van der Waals surface area contributed by atoms with Gasteiger partial charge in [-0.3, -0.25) is 0 Å². The van der Waals surface area contributed by atoms with E-state index in [1.54, 1.807) is 0 Å². The van der Waals surface area contributed by atoms with Gasteiger partial charge in [-0.05, 0) is 60.7 Å². The van der Waals surface area contributed by atoms with Crippen molar-refractivity contribution in [2.75, 3.05) is 17.6 Å². The van der Waals surface area contributed by atoms with Crippen LogP contribution in [0.15, 0.2) is 36.5 Å². The topological polar surface area (TPSA) is 71.1 Å². The molecule has 1 atom stereocenters. The number of nitrogens with one attached hydrogen (secondary N) is 2. The number of nitrogens with zero attached hydrogens (tertiary/aromatic N) is 1. The lowest BCUT2D eigenvalue weighted by Gasteiger charge is -2.17. The highest BCUT2D eigenvalue weighted by atomic mass is 32.2. The van der Waals surface area contributed by atoms with Gasteiger partial charge in [0.2, 0.25) is 0 Å². The van der Waals surface area contributed by atoms with Crippen LogP contribution in [0.2, 0.25) is 0 Å². The Morgan fingerprint density at radius 2 is 2.00 bits per heavy atom. The zero-order chi connectivity index (χ0) is 16.6. The van der Waals surface area contributed by atoms with Crippen molar-refractivity contribution in [1.29, 1.82) is 0 Å². The Balaban J connectivity index is 1.51. The van der Waals surface area contributed by atoms with E-state index in [0.29, 0.717) is 5.75 Å². The average molecular weight is 343 g/mol. The summed E-state index contributed by atoms with van der Waals surface area (Å²) in [6.45, 7) is 1.89. The Hall–Kier alpha value is -1.92. The van der Waals surface area contributed by atoms with Gasteiger partial charge in [-0.2, -0.15) is 0 Å². The van der Waals surface area contributed by atoms with Crippen LogP contribution in [0.1, 0.15) is 34.8 Å². The predicted octanol–water partition coefficient (Wildman–Crippen LogP) is 2.72. The number of anilines is 2. The SMILES string of the molecule is O=S1(=O)CCCC1c1ccc(Nc2cc3c(cn2)CCNC3)cc1. The van der Waals surface area contributed by atoms with Crippen LogP contribution in [0.4, 0.5) is 11.5 Å². The molecule has 1 aromatic carbocycles. The molecule has 1 saturated heterocycles. The fourth-order valence-corrected chi connectivity index (χ4v) is 5.48. The van der Waals surface area contributed by atoms with Gasteiger partial charge >= 0.3 is 0 Å². The number of benzene rings is 1. The molecule has 0 spiro atoms. The van der Waals surface area contributed by atoms with Crippen LogP contribution in [0.5, 0.6) is 0 Å².